The van der Waals surface area contributed by atoms with Gasteiger partial charge in [0.05, 0.1) is 10.6 Å². The number of carbonyl (C=O) groups is 1. The van der Waals surface area contributed by atoms with Crippen LogP contribution in [0.4, 0.5) is 0 Å². The van der Waals surface area contributed by atoms with Crippen LogP contribution in [0.2, 0.25) is 5.02 Å². The summed E-state index contributed by atoms with van der Waals surface area (Å²) in [6.07, 6.45) is 0. The molecule has 0 saturated carbocycles. The van der Waals surface area contributed by atoms with Gasteiger partial charge in [0.25, 0.3) is 5.91 Å². The van der Waals surface area contributed by atoms with Gasteiger partial charge in [0, 0.05) is 13.1 Å². The molecule has 1 aromatic carbocycles. The number of amides is 1. The predicted octanol–water partition coefficient (Wildman–Crippen LogP) is 2.41. The van der Waals surface area contributed by atoms with Gasteiger partial charge in [-0.3, -0.25) is 4.79 Å². The molecule has 0 aliphatic heterocycles. The minimum absolute atomic E-state index is 0.109. The summed E-state index contributed by atoms with van der Waals surface area (Å²) in [5, 5.41) is 3.37. The van der Waals surface area contributed by atoms with E-state index in [1.807, 2.05) is 12.1 Å². The first-order chi connectivity index (χ1) is 8.19. The minimum Gasteiger partial charge on any atom is -0.351 e. The first-order valence-electron chi connectivity index (χ1n) is 5.94. The lowest BCUT2D eigenvalue weighted by molar-refractivity contribution is 0.0949. The molecule has 1 N–H and O–H groups in total. The van der Waals surface area contributed by atoms with E-state index in [2.05, 4.69) is 24.1 Å². The number of halogens is 1. The molecule has 1 aromatic rings. The average Bonchev–Trinajstić information content (AvgIpc) is 2.35. The zero-order valence-electron chi connectivity index (χ0n) is 10.4. The Kier molecular flexibility index (Phi) is 6.01. The molecule has 0 radical (unpaired) electrons. The van der Waals surface area contributed by atoms with Gasteiger partial charge in [-0.1, -0.05) is 37.6 Å². The molecule has 0 aliphatic rings. The Morgan fingerprint density at radius 3 is 2.53 bits per heavy atom. The zero-order chi connectivity index (χ0) is 12.7. The molecule has 1 rings (SSSR count). The molecule has 0 aromatic heterocycles. The van der Waals surface area contributed by atoms with E-state index in [4.69, 9.17) is 11.6 Å². The van der Waals surface area contributed by atoms with Gasteiger partial charge in [-0.15, -0.1) is 0 Å². The highest BCUT2D eigenvalue weighted by molar-refractivity contribution is 6.33. The summed E-state index contributed by atoms with van der Waals surface area (Å²) >= 11 is 5.94. The number of likely N-dealkylation sites (N-methyl/N-ethyl adjacent to an activating group) is 1. The largest absolute Gasteiger partial charge is 0.351 e. The Balaban J connectivity index is 2.43. The smallest absolute Gasteiger partial charge is 0.252 e. The Morgan fingerprint density at radius 1 is 1.29 bits per heavy atom. The molecule has 0 aliphatic carbocycles. The fourth-order valence-corrected chi connectivity index (χ4v) is 1.83. The van der Waals surface area contributed by atoms with Crippen molar-refractivity contribution in [2.45, 2.75) is 13.8 Å². The average molecular weight is 255 g/mol. The molecule has 0 spiro atoms. The minimum atomic E-state index is -0.109. The monoisotopic (exact) mass is 254 g/mol. The van der Waals surface area contributed by atoms with Crippen LogP contribution >= 0.6 is 11.6 Å². The summed E-state index contributed by atoms with van der Waals surface area (Å²) in [6.45, 7) is 7.73. The van der Waals surface area contributed by atoms with Crippen molar-refractivity contribution >= 4 is 17.5 Å². The topological polar surface area (TPSA) is 32.3 Å². The van der Waals surface area contributed by atoms with Crippen LogP contribution in [0.3, 0.4) is 0 Å². The molecule has 3 nitrogen and oxygen atoms in total. The predicted molar refractivity (Wildman–Crippen MR) is 71.6 cm³/mol. The van der Waals surface area contributed by atoms with Gasteiger partial charge in [0.1, 0.15) is 0 Å². The second-order valence-corrected chi connectivity index (χ2v) is 4.17. The molecule has 17 heavy (non-hydrogen) atoms. The summed E-state index contributed by atoms with van der Waals surface area (Å²) in [4.78, 5) is 14.1. The highest BCUT2D eigenvalue weighted by Crippen LogP contribution is 2.14. The van der Waals surface area contributed by atoms with E-state index >= 15 is 0 Å². The standard InChI is InChI=1S/C13H19ClN2O/c1-3-16(4-2)10-9-15-13(17)11-7-5-6-8-12(11)14/h5-8H,3-4,9-10H2,1-2H3,(H,15,17). The molecule has 0 atom stereocenters. The normalized spacial score (nSPS) is 10.6. The molecule has 94 valence electrons. The van der Waals surface area contributed by atoms with Crippen molar-refractivity contribution in [1.29, 1.82) is 0 Å². The van der Waals surface area contributed by atoms with Crippen LogP contribution in [0.15, 0.2) is 24.3 Å². The van der Waals surface area contributed by atoms with Crippen LogP contribution in [0.1, 0.15) is 24.2 Å². The van der Waals surface area contributed by atoms with Gasteiger partial charge in [-0.2, -0.15) is 0 Å². The third-order valence-electron chi connectivity index (χ3n) is 2.73. The quantitative estimate of drug-likeness (QED) is 0.846. The maximum Gasteiger partial charge on any atom is 0.252 e. The van der Waals surface area contributed by atoms with Gasteiger partial charge >= 0.3 is 0 Å². The van der Waals surface area contributed by atoms with Gasteiger partial charge in [0.2, 0.25) is 0 Å². The van der Waals surface area contributed by atoms with Crippen molar-refractivity contribution in [2.75, 3.05) is 26.2 Å². The van der Waals surface area contributed by atoms with Crippen LogP contribution in [0.5, 0.6) is 0 Å². The third-order valence-corrected chi connectivity index (χ3v) is 3.06. The highest BCUT2D eigenvalue weighted by atomic mass is 35.5. The lowest BCUT2D eigenvalue weighted by Crippen LogP contribution is -2.34. The number of carbonyl (C=O) groups excluding carboxylic acids is 1. The number of nitrogens with one attached hydrogen (secondary N) is 1. The Morgan fingerprint density at radius 2 is 1.94 bits per heavy atom. The summed E-state index contributed by atoms with van der Waals surface area (Å²) in [6, 6.07) is 7.08. The molecule has 0 saturated heterocycles. The van der Waals surface area contributed by atoms with E-state index in [9.17, 15) is 4.79 Å². The third kappa shape index (κ3) is 4.36. The molecular formula is C13H19ClN2O. The zero-order valence-corrected chi connectivity index (χ0v) is 11.1. The van der Waals surface area contributed by atoms with Crippen LogP contribution < -0.4 is 5.32 Å². The van der Waals surface area contributed by atoms with Crippen molar-refractivity contribution in [3.8, 4) is 0 Å². The van der Waals surface area contributed by atoms with Crippen molar-refractivity contribution in [2.24, 2.45) is 0 Å². The second kappa shape index (κ2) is 7.30. The lowest BCUT2D eigenvalue weighted by Gasteiger charge is -2.18. The number of nitrogens with zero attached hydrogens (tertiary/aromatic N) is 1. The first-order valence-corrected chi connectivity index (χ1v) is 6.31. The van der Waals surface area contributed by atoms with Gasteiger partial charge in [-0.25, -0.2) is 0 Å². The van der Waals surface area contributed by atoms with E-state index in [1.54, 1.807) is 12.1 Å². The SMILES string of the molecule is CCN(CC)CCNC(=O)c1ccccc1Cl. The highest BCUT2D eigenvalue weighted by Gasteiger charge is 2.08. The summed E-state index contributed by atoms with van der Waals surface area (Å²) in [7, 11) is 0. The second-order valence-electron chi connectivity index (χ2n) is 3.76. The maximum absolute atomic E-state index is 11.8. The summed E-state index contributed by atoms with van der Waals surface area (Å²) in [5.74, 6) is -0.109. The van der Waals surface area contributed by atoms with E-state index in [0.717, 1.165) is 19.6 Å². The van der Waals surface area contributed by atoms with Gasteiger partial charge < -0.3 is 10.2 Å². The maximum atomic E-state index is 11.8. The van der Waals surface area contributed by atoms with Crippen molar-refractivity contribution in [3.05, 3.63) is 34.9 Å². The van der Waals surface area contributed by atoms with E-state index in [1.165, 1.54) is 0 Å². The Labute approximate surface area is 108 Å². The molecular weight excluding hydrogens is 236 g/mol. The van der Waals surface area contributed by atoms with Crippen LogP contribution in [-0.2, 0) is 0 Å². The van der Waals surface area contributed by atoms with Crippen molar-refractivity contribution in [3.63, 3.8) is 0 Å². The number of hydrogen-bond donors (Lipinski definition) is 1. The van der Waals surface area contributed by atoms with Crippen molar-refractivity contribution in [1.82, 2.24) is 10.2 Å². The van der Waals surface area contributed by atoms with E-state index in [0.29, 0.717) is 17.1 Å². The fraction of sp³-hybridized carbons (Fsp3) is 0.462. The van der Waals surface area contributed by atoms with E-state index < -0.39 is 0 Å². The van der Waals surface area contributed by atoms with Crippen LogP contribution in [0.25, 0.3) is 0 Å². The van der Waals surface area contributed by atoms with Gasteiger partial charge in [-0.05, 0) is 25.2 Å². The Hall–Kier alpha value is -1.06. The molecule has 0 bridgehead atoms. The molecule has 0 heterocycles. The summed E-state index contributed by atoms with van der Waals surface area (Å²) < 4.78 is 0. The first kappa shape index (κ1) is 14.0. The van der Waals surface area contributed by atoms with E-state index in [-0.39, 0.29) is 5.91 Å². The van der Waals surface area contributed by atoms with Gasteiger partial charge in [0.15, 0.2) is 0 Å². The van der Waals surface area contributed by atoms with Crippen LogP contribution in [0, 0.1) is 0 Å². The van der Waals surface area contributed by atoms with Crippen LogP contribution in [-0.4, -0.2) is 37.0 Å². The number of benzene rings is 1. The summed E-state index contributed by atoms with van der Waals surface area (Å²) in [5.41, 5.74) is 0.536. The lowest BCUT2D eigenvalue weighted by atomic mass is 10.2. The number of rotatable bonds is 6. The molecule has 4 heteroatoms. The molecule has 0 fully saturated rings. The fourth-order valence-electron chi connectivity index (χ4n) is 1.61. The molecule has 0 unspecified atom stereocenters. The number of hydrogen-bond acceptors (Lipinski definition) is 2. The van der Waals surface area contributed by atoms with Crippen molar-refractivity contribution < 1.29 is 4.79 Å². The molecule has 1 amide bonds. The Bertz CT molecular complexity index is 364.